The quantitative estimate of drug-likeness (QED) is 0.196. The number of nitrogens with one attached hydrogen (secondary N) is 1. The van der Waals surface area contributed by atoms with Crippen molar-refractivity contribution in [2.75, 3.05) is 31.7 Å². The molecule has 0 aliphatic carbocycles. The monoisotopic (exact) mass is 512 g/mol. The minimum atomic E-state index is -0.217. The van der Waals surface area contributed by atoms with Gasteiger partial charge in [-0.05, 0) is 77.8 Å². The summed E-state index contributed by atoms with van der Waals surface area (Å²) in [6.07, 6.45) is 0.939. The fraction of sp³-hybridized carbons (Fsp3) is 0.226. The lowest BCUT2D eigenvalue weighted by atomic mass is 9.97. The van der Waals surface area contributed by atoms with E-state index in [4.69, 9.17) is 21.7 Å². The van der Waals surface area contributed by atoms with Crippen molar-refractivity contribution in [3.8, 4) is 16.9 Å². The average molecular weight is 513 g/mol. The predicted molar refractivity (Wildman–Crippen MR) is 155 cm³/mol. The van der Waals surface area contributed by atoms with Crippen LogP contribution in [0.5, 0.6) is 5.75 Å². The van der Waals surface area contributed by atoms with Crippen LogP contribution >= 0.6 is 12.2 Å². The van der Waals surface area contributed by atoms with Crippen LogP contribution in [0.2, 0.25) is 0 Å². The van der Waals surface area contributed by atoms with Crippen LogP contribution in [0.15, 0.2) is 91.0 Å². The van der Waals surface area contributed by atoms with Crippen molar-refractivity contribution in [3.05, 3.63) is 96.6 Å². The number of anilines is 1. The molecule has 0 bridgehead atoms. The van der Waals surface area contributed by atoms with E-state index in [1.54, 1.807) is 0 Å². The molecule has 0 radical (unpaired) electrons. The summed E-state index contributed by atoms with van der Waals surface area (Å²) in [5.74, 6) is 0.574. The molecule has 1 N–H and O–H groups in total. The number of rotatable bonds is 10. The molecule has 0 heterocycles. The number of hydrogen-bond acceptors (Lipinski definition) is 4. The van der Waals surface area contributed by atoms with Gasteiger partial charge in [0, 0.05) is 24.2 Å². The van der Waals surface area contributed by atoms with Crippen molar-refractivity contribution >= 4 is 39.8 Å². The Labute approximate surface area is 224 Å². The van der Waals surface area contributed by atoms with E-state index in [1.165, 1.54) is 12.5 Å². The van der Waals surface area contributed by atoms with Gasteiger partial charge < -0.3 is 19.7 Å². The molecule has 6 heteroatoms. The van der Waals surface area contributed by atoms with Crippen molar-refractivity contribution in [1.82, 2.24) is 5.32 Å². The largest absolute Gasteiger partial charge is 0.491 e. The maximum Gasteiger partial charge on any atom is 0.305 e. The predicted octanol–water partition coefficient (Wildman–Crippen LogP) is 6.39. The molecular weight excluding hydrogens is 480 g/mol. The summed E-state index contributed by atoms with van der Waals surface area (Å²) in [6, 6.07) is 30.9. The Morgan fingerprint density at radius 3 is 2.43 bits per heavy atom. The van der Waals surface area contributed by atoms with E-state index < -0.39 is 0 Å². The third kappa shape index (κ3) is 6.86. The fourth-order valence-electron chi connectivity index (χ4n) is 4.24. The molecule has 4 rings (SSSR count). The van der Waals surface area contributed by atoms with Gasteiger partial charge in [-0.1, -0.05) is 60.7 Å². The molecule has 0 aliphatic heterocycles. The number of esters is 1. The molecule has 0 aliphatic rings. The first-order valence-electron chi connectivity index (χ1n) is 12.5. The van der Waals surface area contributed by atoms with E-state index in [0.29, 0.717) is 31.1 Å². The molecule has 4 aromatic carbocycles. The third-order valence-electron chi connectivity index (χ3n) is 6.16. The summed E-state index contributed by atoms with van der Waals surface area (Å²) >= 11 is 5.63. The van der Waals surface area contributed by atoms with Gasteiger partial charge in [-0.15, -0.1) is 0 Å². The number of fused-ring (bicyclic) bond motifs is 1. The second-order valence-corrected chi connectivity index (χ2v) is 9.03. The van der Waals surface area contributed by atoms with Crippen molar-refractivity contribution in [3.63, 3.8) is 0 Å². The molecule has 4 aromatic rings. The van der Waals surface area contributed by atoms with Gasteiger partial charge in [0.15, 0.2) is 5.11 Å². The lowest BCUT2D eigenvalue weighted by Crippen LogP contribution is -2.42. The molecule has 0 fully saturated rings. The molecule has 190 valence electrons. The highest BCUT2D eigenvalue weighted by molar-refractivity contribution is 7.80. The fourth-order valence-corrected chi connectivity index (χ4v) is 4.58. The van der Waals surface area contributed by atoms with Crippen LogP contribution in [0.4, 0.5) is 5.69 Å². The number of ether oxygens (including phenoxy) is 2. The topological polar surface area (TPSA) is 50.8 Å². The molecule has 37 heavy (non-hydrogen) atoms. The van der Waals surface area contributed by atoms with Gasteiger partial charge in [0.05, 0.1) is 13.7 Å². The first-order chi connectivity index (χ1) is 18.1. The number of carbonyl (C=O) groups excluding carboxylic acids is 1. The second-order valence-electron chi connectivity index (χ2n) is 8.64. The van der Waals surface area contributed by atoms with E-state index in [2.05, 4.69) is 46.6 Å². The van der Waals surface area contributed by atoms with Crippen LogP contribution < -0.4 is 15.0 Å². The van der Waals surface area contributed by atoms with Crippen LogP contribution in [0.1, 0.15) is 18.9 Å². The molecule has 0 saturated heterocycles. The smallest absolute Gasteiger partial charge is 0.305 e. The van der Waals surface area contributed by atoms with Gasteiger partial charge in [0.25, 0.3) is 0 Å². The number of aryl methyl sites for hydroxylation is 1. The Bertz CT molecular complexity index is 1360. The standard InChI is InChI=1S/C31H32N2O3S/c1-3-32-31(37)33(27-11-5-4-6-12-27)19-20-36-29-17-13-23(14-18-30(34)35-2)21-28(29)26-16-15-24-9-7-8-10-25(24)22-26/h4-13,15-17,21-22H,3,14,18-20H2,1-2H3,(H,32,37). The van der Waals surface area contributed by atoms with Crippen molar-refractivity contribution in [2.24, 2.45) is 0 Å². The summed E-state index contributed by atoms with van der Waals surface area (Å²) in [5, 5.41) is 6.27. The van der Waals surface area contributed by atoms with Crippen LogP contribution in [0.3, 0.4) is 0 Å². The Morgan fingerprint density at radius 2 is 1.68 bits per heavy atom. The SMILES string of the molecule is CCNC(=S)N(CCOc1ccc(CCC(=O)OC)cc1-c1ccc2ccccc2c1)c1ccccc1. The number of hydrogen-bond donors (Lipinski definition) is 1. The molecule has 0 saturated carbocycles. The third-order valence-corrected chi connectivity index (χ3v) is 6.53. The van der Waals surface area contributed by atoms with E-state index in [9.17, 15) is 4.79 Å². The lowest BCUT2D eigenvalue weighted by molar-refractivity contribution is -0.140. The Morgan fingerprint density at radius 1 is 0.919 bits per heavy atom. The molecule has 0 spiro atoms. The Hall–Kier alpha value is -3.90. The van der Waals surface area contributed by atoms with Crippen LogP contribution in [0, 0.1) is 0 Å². The molecule has 0 unspecified atom stereocenters. The van der Waals surface area contributed by atoms with E-state index >= 15 is 0 Å². The summed E-state index contributed by atoms with van der Waals surface area (Å²) in [5.41, 5.74) is 4.13. The molecule has 0 aromatic heterocycles. The summed E-state index contributed by atoms with van der Waals surface area (Å²) in [7, 11) is 1.42. The Kier molecular flexibility index (Phi) is 9.11. The summed E-state index contributed by atoms with van der Waals surface area (Å²) in [4.78, 5) is 13.8. The molecule has 0 amide bonds. The number of benzene rings is 4. The summed E-state index contributed by atoms with van der Waals surface area (Å²) in [6.45, 7) is 3.82. The van der Waals surface area contributed by atoms with Crippen LogP contribution in [-0.2, 0) is 16.0 Å². The highest BCUT2D eigenvalue weighted by Crippen LogP contribution is 2.33. The maximum absolute atomic E-state index is 11.7. The number of thiocarbonyl (C=S) groups is 1. The zero-order valence-corrected chi connectivity index (χ0v) is 22.1. The highest BCUT2D eigenvalue weighted by atomic mass is 32.1. The van der Waals surface area contributed by atoms with Gasteiger partial charge >= 0.3 is 5.97 Å². The molecular formula is C31H32N2O3S. The van der Waals surface area contributed by atoms with Crippen LogP contribution in [-0.4, -0.2) is 37.9 Å². The maximum atomic E-state index is 11.7. The van der Waals surface area contributed by atoms with Gasteiger partial charge in [0.1, 0.15) is 12.4 Å². The zero-order valence-electron chi connectivity index (χ0n) is 21.3. The van der Waals surface area contributed by atoms with Gasteiger partial charge in [-0.3, -0.25) is 4.79 Å². The Balaban J connectivity index is 1.59. The summed E-state index contributed by atoms with van der Waals surface area (Å²) < 4.78 is 11.2. The second kappa shape index (κ2) is 12.9. The minimum absolute atomic E-state index is 0.217. The van der Waals surface area contributed by atoms with Gasteiger partial charge in [0.2, 0.25) is 0 Å². The number of nitrogens with zero attached hydrogens (tertiary/aromatic N) is 1. The first kappa shape index (κ1) is 26.2. The highest BCUT2D eigenvalue weighted by Gasteiger charge is 2.14. The normalized spacial score (nSPS) is 10.6. The van der Waals surface area contributed by atoms with Crippen molar-refractivity contribution < 1.29 is 14.3 Å². The zero-order chi connectivity index (χ0) is 26.0. The number of carbonyl (C=O) groups is 1. The molecule has 0 atom stereocenters. The van der Waals surface area contributed by atoms with E-state index in [0.717, 1.165) is 40.1 Å². The van der Waals surface area contributed by atoms with Crippen LogP contribution in [0.25, 0.3) is 21.9 Å². The number of methoxy groups -OCH3 is 1. The first-order valence-corrected chi connectivity index (χ1v) is 12.9. The van der Waals surface area contributed by atoms with Gasteiger partial charge in [-0.25, -0.2) is 0 Å². The van der Waals surface area contributed by atoms with E-state index in [-0.39, 0.29) is 5.97 Å². The average Bonchev–Trinajstić information content (AvgIpc) is 2.94. The van der Waals surface area contributed by atoms with Crippen molar-refractivity contribution in [1.29, 1.82) is 0 Å². The van der Waals surface area contributed by atoms with Gasteiger partial charge in [-0.2, -0.15) is 0 Å². The minimum Gasteiger partial charge on any atom is -0.491 e. The number of para-hydroxylation sites is 1. The lowest BCUT2D eigenvalue weighted by Gasteiger charge is -2.26. The van der Waals surface area contributed by atoms with Crippen molar-refractivity contribution in [2.45, 2.75) is 19.8 Å². The molecule has 5 nitrogen and oxygen atoms in total. The van der Waals surface area contributed by atoms with E-state index in [1.807, 2.05) is 61.5 Å².